The molecule has 0 amide bonds. The van der Waals surface area contributed by atoms with Crippen LogP contribution < -0.4 is 4.74 Å². The Morgan fingerprint density at radius 3 is 2.84 bits per heavy atom. The van der Waals surface area contributed by atoms with Crippen LogP contribution in [0, 0.1) is 6.92 Å². The van der Waals surface area contributed by atoms with Gasteiger partial charge in [-0.15, -0.1) is 11.3 Å². The van der Waals surface area contributed by atoms with Crippen molar-refractivity contribution in [3.8, 4) is 5.75 Å². The number of hydrogen-bond acceptors (Lipinski definition) is 4. The molecule has 0 bridgehead atoms. The Hall–Kier alpha value is -1.20. The van der Waals surface area contributed by atoms with Crippen LogP contribution in [-0.2, 0) is 17.6 Å². The van der Waals surface area contributed by atoms with Crippen LogP contribution in [0.15, 0.2) is 28.1 Å². The van der Waals surface area contributed by atoms with Crippen LogP contribution in [0.1, 0.15) is 16.3 Å². The first-order chi connectivity index (χ1) is 9.08. The summed E-state index contributed by atoms with van der Waals surface area (Å²) in [6.45, 7) is 1.93. The molecule has 0 radical (unpaired) electrons. The zero-order valence-corrected chi connectivity index (χ0v) is 13.2. The third-order valence-electron chi connectivity index (χ3n) is 2.66. The fourth-order valence-electron chi connectivity index (χ4n) is 1.74. The molecule has 0 aliphatic rings. The Morgan fingerprint density at radius 2 is 2.21 bits per heavy atom. The highest BCUT2D eigenvalue weighted by atomic mass is 79.9. The van der Waals surface area contributed by atoms with Gasteiger partial charge < -0.3 is 4.74 Å². The van der Waals surface area contributed by atoms with Crippen molar-refractivity contribution in [1.29, 1.82) is 0 Å². The van der Waals surface area contributed by atoms with Crippen molar-refractivity contribution in [3.05, 3.63) is 44.3 Å². The molecule has 100 valence electrons. The second-order valence-corrected chi connectivity index (χ2v) is 6.03. The summed E-state index contributed by atoms with van der Waals surface area (Å²) in [5, 5.41) is 2.84. The number of rotatable bonds is 5. The summed E-state index contributed by atoms with van der Waals surface area (Å²) in [5.74, 6) is 0.916. The van der Waals surface area contributed by atoms with Crippen LogP contribution in [0.25, 0.3) is 0 Å². The van der Waals surface area contributed by atoms with E-state index >= 15 is 0 Å². The van der Waals surface area contributed by atoms with Gasteiger partial charge in [-0.2, -0.15) is 0 Å². The molecule has 1 heterocycles. The number of methoxy groups -OCH3 is 1. The van der Waals surface area contributed by atoms with Gasteiger partial charge in [0.15, 0.2) is 0 Å². The average molecular weight is 340 g/mol. The van der Waals surface area contributed by atoms with Gasteiger partial charge in [-0.1, -0.05) is 15.9 Å². The number of thiazole rings is 1. The van der Waals surface area contributed by atoms with Crippen molar-refractivity contribution in [2.75, 3.05) is 7.11 Å². The van der Waals surface area contributed by atoms with E-state index in [1.807, 2.05) is 30.5 Å². The Balaban J connectivity index is 2.06. The largest absolute Gasteiger partial charge is 0.497 e. The molecule has 2 rings (SSSR count). The molecule has 0 N–H and O–H groups in total. The summed E-state index contributed by atoms with van der Waals surface area (Å²) in [7, 11) is 1.62. The lowest BCUT2D eigenvalue weighted by atomic mass is 10.1. The van der Waals surface area contributed by atoms with Crippen LogP contribution in [0.5, 0.6) is 5.75 Å². The number of Topliss-reactive ketones (excluding diaryl/α,β-unsaturated/α-hetero) is 1. The number of halogens is 1. The minimum absolute atomic E-state index is 0.156. The summed E-state index contributed by atoms with van der Waals surface area (Å²) in [6, 6.07) is 5.65. The number of benzene rings is 1. The number of ether oxygens (including phenoxy) is 1. The van der Waals surface area contributed by atoms with Crippen LogP contribution in [0.2, 0.25) is 0 Å². The minimum Gasteiger partial charge on any atom is -0.497 e. The van der Waals surface area contributed by atoms with Crippen molar-refractivity contribution >= 4 is 33.0 Å². The Morgan fingerprint density at radius 1 is 1.42 bits per heavy atom. The molecular weight excluding hydrogens is 326 g/mol. The molecule has 0 saturated heterocycles. The summed E-state index contributed by atoms with van der Waals surface area (Å²) in [5.41, 5.74) is 1.91. The predicted molar refractivity (Wildman–Crippen MR) is 80.0 cm³/mol. The summed E-state index contributed by atoms with van der Waals surface area (Å²) in [6.07, 6.45) is 0.776. The van der Waals surface area contributed by atoms with Crippen LogP contribution in [-0.4, -0.2) is 17.9 Å². The van der Waals surface area contributed by atoms with Gasteiger partial charge in [0, 0.05) is 22.0 Å². The molecule has 1 aromatic heterocycles. The van der Waals surface area contributed by atoms with Gasteiger partial charge in [-0.05, 0) is 30.7 Å². The van der Waals surface area contributed by atoms with E-state index in [9.17, 15) is 4.79 Å². The second-order valence-electron chi connectivity index (χ2n) is 4.23. The van der Waals surface area contributed by atoms with E-state index in [1.54, 1.807) is 7.11 Å². The van der Waals surface area contributed by atoms with Crippen molar-refractivity contribution < 1.29 is 9.53 Å². The molecule has 2 aromatic rings. The number of hydrogen-bond donors (Lipinski definition) is 0. The molecule has 1 aromatic carbocycles. The summed E-state index contributed by atoms with van der Waals surface area (Å²) < 4.78 is 6.10. The monoisotopic (exact) mass is 339 g/mol. The molecule has 0 spiro atoms. The predicted octanol–water partition coefficient (Wildman–Crippen LogP) is 3.58. The molecule has 0 saturated carbocycles. The Labute approximate surface area is 124 Å². The lowest BCUT2D eigenvalue weighted by Gasteiger charge is -2.06. The smallest absolute Gasteiger partial charge is 0.144 e. The lowest BCUT2D eigenvalue weighted by Crippen LogP contribution is -2.07. The maximum atomic E-state index is 12.0. The number of ketones is 1. The molecular formula is C14H14BrNO2S. The number of carbonyl (C=O) groups excluding carboxylic acids is 1. The van der Waals surface area contributed by atoms with Crippen molar-refractivity contribution in [2.24, 2.45) is 0 Å². The highest BCUT2D eigenvalue weighted by molar-refractivity contribution is 9.10. The van der Waals surface area contributed by atoms with Gasteiger partial charge >= 0.3 is 0 Å². The lowest BCUT2D eigenvalue weighted by molar-refractivity contribution is -0.117. The van der Waals surface area contributed by atoms with Gasteiger partial charge in [-0.3, -0.25) is 4.79 Å². The zero-order valence-electron chi connectivity index (χ0n) is 10.8. The molecule has 0 fully saturated rings. The molecule has 0 atom stereocenters. The first kappa shape index (κ1) is 14.2. The highest BCUT2D eigenvalue weighted by Gasteiger charge is 2.11. The van der Waals surface area contributed by atoms with E-state index in [4.69, 9.17) is 4.74 Å². The van der Waals surface area contributed by atoms with E-state index < -0.39 is 0 Å². The number of aromatic nitrogens is 1. The fourth-order valence-corrected chi connectivity index (χ4v) is 2.93. The average Bonchev–Trinajstić information content (AvgIpc) is 2.77. The van der Waals surface area contributed by atoms with Crippen LogP contribution in [0.3, 0.4) is 0 Å². The zero-order chi connectivity index (χ0) is 13.8. The van der Waals surface area contributed by atoms with Crippen molar-refractivity contribution in [2.45, 2.75) is 19.8 Å². The topological polar surface area (TPSA) is 39.2 Å². The minimum atomic E-state index is 0.156. The maximum Gasteiger partial charge on any atom is 0.144 e. The molecule has 0 unspecified atom stereocenters. The fraction of sp³-hybridized carbons (Fsp3) is 0.286. The molecule has 19 heavy (non-hydrogen) atoms. The SMILES string of the molecule is COc1ccc(Br)c(CC(=O)Cc2nc(C)cs2)c1. The normalized spacial score (nSPS) is 10.5. The van der Waals surface area contributed by atoms with Crippen molar-refractivity contribution in [1.82, 2.24) is 4.98 Å². The third kappa shape index (κ3) is 3.88. The molecule has 3 nitrogen and oxygen atoms in total. The molecule has 5 heteroatoms. The number of carbonyl (C=O) groups is 1. The second kappa shape index (κ2) is 6.30. The van der Waals surface area contributed by atoms with E-state index in [1.165, 1.54) is 11.3 Å². The van der Waals surface area contributed by atoms with E-state index in [-0.39, 0.29) is 5.78 Å². The van der Waals surface area contributed by atoms with Crippen LogP contribution >= 0.6 is 27.3 Å². The third-order valence-corrected chi connectivity index (χ3v) is 4.40. The van der Waals surface area contributed by atoms with E-state index in [0.29, 0.717) is 12.8 Å². The summed E-state index contributed by atoms with van der Waals surface area (Å²) in [4.78, 5) is 16.4. The summed E-state index contributed by atoms with van der Waals surface area (Å²) >= 11 is 4.99. The van der Waals surface area contributed by atoms with Crippen LogP contribution in [0.4, 0.5) is 0 Å². The van der Waals surface area contributed by atoms with Gasteiger partial charge in [0.25, 0.3) is 0 Å². The number of nitrogens with zero attached hydrogens (tertiary/aromatic N) is 1. The van der Waals surface area contributed by atoms with E-state index in [0.717, 1.165) is 26.5 Å². The molecule has 0 aliphatic heterocycles. The highest BCUT2D eigenvalue weighted by Crippen LogP contribution is 2.23. The van der Waals surface area contributed by atoms with E-state index in [2.05, 4.69) is 20.9 Å². The van der Waals surface area contributed by atoms with Gasteiger partial charge in [0.1, 0.15) is 16.5 Å². The first-order valence-electron chi connectivity index (χ1n) is 5.83. The Kier molecular flexibility index (Phi) is 4.71. The van der Waals surface area contributed by atoms with Crippen molar-refractivity contribution in [3.63, 3.8) is 0 Å². The van der Waals surface area contributed by atoms with Gasteiger partial charge in [0.2, 0.25) is 0 Å². The van der Waals surface area contributed by atoms with Gasteiger partial charge in [0.05, 0.1) is 13.5 Å². The Bertz CT molecular complexity index is 595. The van der Waals surface area contributed by atoms with Gasteiger partial charge in [-0.25, -0.2) is 4.98 Å². The quantitative estimate of drug-likeness (QED) is 0.835. The number of aryl methyl sites for hydroxylation is 1. The first-order valence-corrected chi connectivity index (χ1v) is 7.51. The standard InChI is InChI=1S/C14H14BrNO2S/c1-9-8-19-14(16-9)7-11(17)5-10-6-12(18-2)3-4-13(10)15/h3-4,6,8H,5,7H2,1-2H3. The maximum absolute atomic E-state index is 12.0. The molecule has 0 aliphatic carbocycles.